The van der Waals surface area contributed by atoms with Crippen molar-refractivity contribution in [2.75, 3.05) is 31.1 Å². The van der Waals surface area contributed by atoms with E-state index in [0.29, 0.717) is 11.6 Å². The minimum Gasteiger partial charge on any atom is -0.370 e. The molecule has 0 unspecified atom stereocenters. The smallest absolute Gasteiger partial charge is 0.226 e. The molecule has 2 aliphatic heterocycles. The molecule has 0 radical (unpaired) electrons. The van der Waals surface area contributed by atoms with Crippen molar-refractivity contribution in [3.05, 3.63) is 54.1 Å². The van der Waals surface area contributed by atoms with Crippen molar-refractivity contribution < 1.29 is 4.79 Å². The SMILES string of the molecule is NCCCCn1cc(-c2ccc(-c3cncc(Cl)c3N3CCC4(CCNC4=O)CC3)cc2)cn1. The molecule has 0 aliphatic carbocycles. The summed E-state index contributed by atoms with van der Waals surface area (Å²) in [6.07, 6.45) is 12.3. The number of aromatic nitrogens is 3. The molecule has 0 bridgehead atoms. The van der Waals surface area contributed by atoms with Crippen LogP contribution in [-0.2, 0) is 11.3 Å². The number of rotatable bonds is 7. The van der Waals surface area contributed by atoms with E-state index in [4.69, 9.17) is 17.3 Å². The molecular weight excluding hydrogens is 448 g/mol. The van der Waals surface area contributed by atoms with Gasteiger partial charge in [-0.2, -0.15) is 5.10 Å². The predicted octanol–water partition coefficient (Wildman–Crippen LogP) is 4.11. The van der Waals surface area contributed by atoms with Crippen molar-refractivity contribution in [1.82, 2.24) is 20.1 Å². The summed E-state index contributed by atoms with van der Waals surface area (Å²) in [6, 6.07) is 8.48. The van der Waals surface area contributed by atoms with Gasteiger partial charge in [0.15, 0.2) is 0 Å². The molecule has 7 nitrogen and oxygen atoms in total. The first-order valence-corrected chi connectivity index (χ1v) is 12.5. The molecule has 0 atom stereocenters. The molecule has 178 valence electrons. The molecule has 0 saturated carbocycles. The second kappa shape index (κ2) is 9.76. The van der Waals surface area contributed by atoms with Crippen LogP contribution in [0.25, 0.3) is 22.3 Å². The molecule has 3 aromatic rings. The number of nitrogens with two attached hydrogens (primary N) is 1. The Bertz CT molecular complexity index is 1150. The molecule has 2 aliphatic rings. The molecular formula is C26H31ClN6O. The Morgan fingerprint density at radius 1 is 1.00 bits per heavy atom. The first-order valence-electron chi connectivity index (χ1n) is 12.1. The number of anilines is 1. The van der Waals surface area contributed by atoms with Crippen LogP contribution < -0.4 is 16.0 Å². The number of aryl methyl sites for hydroxylation is 1. The minimum absolute atomic E-state index is 0.202. The average Bonchev–Trinajstić information content (AvgIpc) is 3.47. The monoisotopic (exact) mass is 478 g/mol. The lowest BCUT2D eigenvalue weighted by Gasteiger charge is -2.39. The molecule has 1 amide bonds. The van der Waals surface area contributed by atoms with E-state index in [-0.39, 0.29) is 11.3 Å². The van der Waals surface area contributed by atoms with Gasteiger partial charge >= 0.3 is 0 Å². The van der Waals surface area contributed by atoms with Crippen LogP contribution >= 0.6 is 11.6 Å². The van der Waals surface area contributed by atoms with Gasteiger partial charge < -0.3 is 16.0 Å². The zero-order chi connectivity index (χ0) is 23.5. The molecule has 2 saturated heterocycles. The maximum absolute atomic E-state index is 12.4. The van der Waals surface area contributed by atoms with Crippen LogP contribution in [0.5, 0.6) is 0 Å². The lowest BCUT2D eigenvalue weighted by Crippen LogP contribution is -2.44. The molecule has 1 spiro atoms. The molecule has 4 heterocycles. The fourth-order valence-electron chi connectivity index (χ4n) is 5.21. The Balaban J connectivity index is 1.35. The van der Waals surface area contributed by atoms with Crippen molar-refractivity contribution in [2.24, 2.45) is 11.1 Å². The second-order valence-corrected chi connectivity index (χ2v) is 9.76. The number of pyridine rings is 1. The minimum atomic E-state index is -0.202. The highest BCUT2D eigenvalue weighted by Crippen LogP contribution is 2.43. The Morgan fingerprint density at radius 2 is 1.76 bits per heavy atom. The van der Waals surface area contributed by atoms with Crippen molar-refractivity contribution in [1.29, 1.82) is 0 Å². The van der Waals surface area contributed by atoms with E-state index in [1.54, 1.807) is 6.20 Å². The van der Waals surface area contributed by atoms with E-state index in [1.165, 1.54) is 0 Å². The summed E-state index contributed by atoms with van der Waals surface area (Å²) in [4.78, 5) is 19.1. The maximum Gasteiger partial charge on any atom is 0.226 e. The Kier molecular flexibility index (Phi) is 6.57. The van der Waals surface area contributed by atoms with E-state index in [1.807, 2.05) is 17.1 Å². The zero-order valence-corrected chi connectivity index (χ0v) is 20.1. The summed E-state index contributed by atoms with van der Waals surface area (Å²) < 4.78 is 1.98. The summed E-state index contributed by atoms with van der Waals surface area (Å²) in [5.41, 5.74) is 10.7. The number of carbonyl (C=O) groups excluding carboxylic acids is 1. The summed E-state index contributed by atoms with van der Waals surface area (Å²) in [5.74, 6) is 0.214. The number of nitrogens with one attached hydrogen (secondary N) is 1. The van der Waals surface area contributed by atoms with Gasteiger partial charge in [0.1, 0.15) is 0 Å². The van der Waals surface area contributed by atoms with Gasteiger partial charge in [0.05, 0.1) is 22.3 Å². The van der Waals surface area contributed by atoms with Gasteiger partial charge in [-0.25, -0.2) is 0 Å². The molecule has 2 fully saturated rings. The average molecular weight is 479 g/mol. The maximum atomic E-state index is 12.4. The molecule has 5 rings (SSSR count). The Morgan fingerprint density at radius 3 is 2.47 bits per heavy atom. The zero-order valence-electron chi connectivity index (χ0n) is 19.3. The van der Waals surface area contributed by atoms with Gasteiger partial charge in [-0.1, -0.05) is 35.9 Å². The van der Waals surface area contributed by atoms with Gasteiger partial charge in [-0.15, -0.1) is 0 Å². The largest absolute Gasteiger partial charge is 0.370 e. The summed E-state index contributed by atoms with van der Waals surface area (Å²) >= 11 is 6.67. The quantitative estimate of drug-likeness (QED) is 0.499. The van der Waals surface area contributed by atoms with Gasteiger partial charge in [-0.3, -0.25) is 14.5 Å². The van der Waals surface area contributed by atoms with Crippen LogP contribution in [0.3, 0.4) is 0 Å². The Hall–Kier alpha value is -2.90. The molecule has 8 heteroatoms. The number of hydrogen-bond acceptors (Lipinski definition) is 5. The van der Waals surface area contributed by atoms with E-state index in [0.717, 1.165) is 86.2 Å². The predicted molar refractivity (Wildman–Crippen MR) is 136 cm³/mol. The number of nitrogens with zero attached hydrogens (tertiary/aromatic N) is 4. The lowest BCUT2D eigenvalue weighted by molar-refractivity contribution is -0.128. The number of benzene rings is 1. The van der Waals surface area contributed by atoms with Crippen molar-refractivity contribution in [3.8, 4) is 22.3 Å². The van der Waals surface area contributed by atoms with Crippen LogP contribution in [-0.4, -0.2) is 46.9 Å². The van der Waals surface area contributed by atoms with Crippen LogP contribution in [0.1, 0.15) is 32.1 Å². The number of unbranched alkanes of at least 4 members (excludes halogenated alkanes) is 1. The van der Waals surface area contributed by atoms with Crippen LogP contribution in [0.4, 0.5) is 5.69 Å². The third-order valence-electron chi connectivity index (χ3n) is 7.28. The highest BCUT2D eigenvalue weighted by Gasteiger charge is 2.44. The molecule has 1 aromatic carbocycles. The summed E-state index contributed by atoms with van der Waals surface area (Å²) in [7, 11) is 0. The van der Waals surface area contributed by atoms with Crippen LogP contribution in [0.15, 0.2) is 49.1 Å². The molecule has 34 heavy (non-hydrogen) atoms. The fourth-order valence-corrected chi connectivity index (χ4v) is 5.49. The third kappa shape index (κ3) is 4.42. The number of amides is 1. The van der Waals surface area contributed by atoms with Gasteiger partial charge in [0.2, 0.25) is 5.91 Å². The number of piperidine rings is 1. The standard InChI is InChI=1S/C26H31ClN6O/c27-23-17-29-16-22(24(23)32-13-8-26(9-14-32)7-11-30-25(26)34)20-5-3-19(4-6-20)21-15-31-33(18-21)12-2-1-10-28/h3-6,15-18H,1-2,7-14,28H2,(H,30,34). The summed E-state index contributed by atoms with van der Waals surface area (Å²) in [6.45, 7) is 4.01. The van der Waals surface area contributed by atoms with Crippen LogP contribution in [0.2, 0.25) is 5.02 Å². The lowest BCUT2D eigenvalue weighted by atomic mass is 9.77. The first-order chi connectivity index (χ1) is 16.6. The summed E-state index contributed by atoms with van der Waals surface area (Å²) in [5, 5.41) is 8.14. The number of carbonyl (C=O) groups is 1. The Labute approximate surface area is 205 Å². The number of hydrogen-bond donors (Lipinski definition) is 2. The van der Waals surface area contributed by atoms with Crippen LogP contribution in [0, 0.1) is 5.41 Å². The van der Waals surface area contributed by atoms with Gasteiger partial charge in [0, 0.05) is 55.9 Å². The highest BCUT2D eigenvalue weighted by atomic mass is 35.5. The third-order valence-corrected chi connectivity index (χ3v) is 7.56. The van der Waals surface area contributed by atoms with Crippen molar-refractivity contribution in [3.63, 3.8) is 0 Å². The fraction of sp³-hybridized carbons (Fsp3) is 0.423. The van der Waals surface area contributed by atoms with Gasteiger partial charge in [0.25, 0.3) is 0 Å². The van der Waals surface area contributed by atoms with Crippen molar-refractivity contribution >= 4 is 23.2 Å². The highest BCUT2D eigenvalue weighted by molar-refractivity contribution is 6.33. The van der Waals surface area contributed by atoms with E-state index >= 15 is 0 Å². The van der Waals surface area contributed by atoms with E-state index in [9.17, 15) is 4.79 Å². The van der Waals surface area contributed by atoms with E-state index < -0.39 is 0 Å². The van der Waals surface area contributed by atoms with Gasteiger partial charge in [-0.05, 0) is 49.8 Å². The van der Waals surface area contributed by atoms with Crippen molar-refractivity contribution in [2.45, 2.75) is 38.6 Å². The molecule has 2 aromatic heterocycles. The number of halogens is 1. The topological polar surface area (TPSA) is 89.1 Å². The second-order valence-electron chi connectivity index (χ2n) is 9.36. The first kappa shape index (κ1) is 22.9. The van der Waals surface area contributed by atoms with E-state index in [2.05, 4.69) is 50.8 Å². The normalized spacial score (nSPS) is 17.4. The molecule has 3 N–H and O–H groups in total.